The first-order valence-electron chi connectivity index (χ1n) is 10.7. The Labute approximate surface area is 261 Å². The minimum atomic E-state index is 0. The number of hydrogen-bond acceptors (Lipinski definition) is 5. The maximum atomic E-state index is 4.08. The van der Waals surface area contributed by atoms with Crippen LogP contribution >= 0.6 is 63.1 Å². The molecular weight excluding hydrogens is 616 g/mol. The van der Waals surface area contributed by atoms with Gasteiger partial charge in [0.1, 0.15) is 0 Å². The van der Waals surface area contributed by atoms with Crippen molar-refractivity contribution in [2.75, 3.05) is 0 Å². The fraction of sp³-hybridized carbons (Fsp3) is 0. The van der Waals surface area contributed by atoms with Gasteiger partial charge in [0, 0.05) is 24.5 Å². The number of hydrogen-bond donors (Lipinski definition) is 5. The first-order valence-corrected chi connectivity index (χ1v) is 12.9. The monoisotopic (exact) mass is 650 g/mol. The lowest BCUT2D eigenvalue weighted by Gasteiger charge is -1.81. The van der Waals surface area contributed by atoms with Crippen LogP contribution in [0.15, 0.2) is 176 Å². The molecule has 0 aliphatic carbocycles. The second kappa shape index (κ2) is 32.7. The summed E-state index contributed by atoms with van der Waals surface area (Å²) in [6.07, 6.45) is 0. The van der Waals surface area contributed by atoms with E-state index in [9.17, 15) is 0 Å². The van der Waals surface area contributed by atoms with Crippen LogP contribution in [0.2, 0.25) is 0 Å². The predicted octanol–water partition coefficient (Wildman–Crippen LogP) is 10.6. The van der Waals surface area contributed by atoms with E-state index in [4.69, 9.17) is 0 Å². The number of benzene rings is 5. The second-order valence-electron chi connectivity index (χ2n) is 6.68. The van der Waals surface area contributed by atoms with Gasteiger partial charge in [-0.2, -0.15) is 0 Å². The highest BCUT2D eigenvalue weighted by molar-refractivity contribution is 7.81. The van der Waals surface area contributed by atoms with Crippen molar-refractivity contribution in [1.29, 1.82) is 0 Å². The molecule has 10 heteroatoms. The molecule has 220 valence electrons. The highest BCUT2D eigenvalue weighted by Gasteiger charge is 1.75. The largest absolute Gasteiger partial charge is 0.269 e. The van der Waals surface area contributed by atoms with Crippen molar-refractivity contribution < 1.29 is 23.5 Å². The van der Waals surface area contributed by atoms with E-state index < -0.39 is 0 Å². The van der Waals surface area contributed by atoms with E-state index in [-0.39, 0.29) is 23.5 Å². The summed E-state index contributed by atoms with van der Waals surface area (Å²) in [5.74, 6) is 0. The number of thiol groups is 5. The summed E-state index contributed by atoms with van der Waals surface area (Å²) >= 11 is 20.4. The summed E-state index contributed by atoms with van der Waals surface area (Å²) in [6.45, 7) is 0. The first kappa shape index (κ1) is 47.3. The van der Waals surface area contributed by atoms with Crippen LogP contribution in [0.25, 0.3) is 0 Å². The van der Waals surface area contributed by atoms with Crippen LogP contribution in [0.3, 0.4) is 0 Å². The molecule has 0 heterocycles. The normalized spacial score (nSPS) is 7.62. The van der Waals surface area contributed by atoms with E-state index in [0.29, 0.717) is 0 Å². The molecule has 0 atom stereocenters. The SMILES string of the molecule is F.F.F.F.F.Sc1ccccc1.Sc1ccccc1.Sc1ccccc1.Sc1ccccc1.Sc1ccccc1. The Kier molecular flexibility index (Phi) is 38.7. The Bertz CT molecular complexity index is 910. The summed E-state index contributed by atoms with van der Waals surface area (Å²) in [7, 11) is 0. The van der Waals surface area contributed by atoms with Gasteiger partial charge >= 0.3 is 0 Å². The maximum Gasteiger partial charge on any atom is 0.00399 e. The molecule has 0 aliphatic rings. The highest BCUT2D eigenvalue weighted by Crippen LogP contribution is 2.03. The summed E-state index contributed by atoms with van der Waals surface area (Å²) in [6, 6.07) is 48.9. The zero-order chi connectivity index (χ0) is 25.6. The van der Waals surface area contributed by atoms with Crippen LogP contribution in [-0.4, -0.2) is 0 Å². The van der Waals surface area contributed by atoms with E-state index >= 15 is 0 Å². The van der Waals surface area contributed by atoms with Crippen molar-refractivity contribution in [3.63, 3.8) is 0 Å². The van der Waals surface area contributed by atoms with Crippen LogP contribution < -0.4 is 0 Å². The van der Waals surface area contributed by atoms with Crippen molar-refractivity contribution >= 4 is 63.1 Å². The van der Waals surface area contributed by atoms with E-state index in [0.717, 1.165) is 24.5 Å². The Morgan fingerprint density at radius 1 is 0.200 bits per heavy atom. The Hall–Kier alpha value is -2.50. The molecule has 5 aromatic carbocycles. The van der Waals surface area contributed by atoms with Crippen LogP contribution in [0.5, 0.6) is 0 Å². The molecule has 0 radical (unpaired) electrons. The van der Waals surface area contributed by atoms with Crippen molar-refractivity contribution in [1.82, 2.24) is 0 Å². The standard InChI is InChI=1S/5C6H6S.5FH/c5*7-6-4-2-1-3-5-6;;;;;/h5*1-5,7H;5*1H. The fourth-order valence-electron chi connectivity index (χ4n) is 2.14. The van der Waals surface area contributed by atoms with Crippen LogP contribution in [0.1, 0.15) is 0 Å². The third kappa shape index (κ3) is 30.0. The number of halogens is 5. The van der Waals surface area contributed by atoms with E-state index in [1.165, 1.54) is 0 Å². The lowest BCUT2D eigenvalue weighted by Crippen LogP contribution is -1.56. The van der Waals surface area contributed by atoms with Gasteiger partial charge in [0.05, 0.1) is 0 Å². The van der Waals surface area contributed by atoms with Crippen molar-refractivity contribution in [3.8, 4) is 0 Å². The van der Waals surface area contributed by atoms with Gasteiger partial charge in [-0.25, -0.2) is 0 Å². The summed E-state index contributed by atoms with van der Waals surface area (Å²) in [5.41, 5.74) is 0. The van der Waals surface area contributed by atoms with Gasteiger partial charge in [-0.15, -0.1) is 63.1 Å². The second-order valence-corrected chi connectivity index (χ2v) is 9.26. The minimum absolute atomic E-state index is 0. The van der Waals surface area contributed by atoms with Crippen LogP contribution in [-0.2, 0) is 0 Å². The Balaban J connectivity index is -0.000000124. The predicted molar refractivity (Wildman–Crippen MR) is 181 cm³/mol. The van der Waals surface area contributed by atoms with Gasteiger partial charge in [-0.05, 0) is 60.7 Å². The molecule has 0 aromatic heterocycles. The average molecular weight is 651 g/mol. The minimum Gasteiger partial charge on any atom is -0.269 e. The van der Waals surface area contributed by atoms with Crippen LogP contribution in [0, 0.1) is 0 Å². The molecule has 0 saturated carbocycles. The van der Waals surface area contributed by atoms with Gasteiger partial charge in [0.2, 0.25) is 0 Å². The van der Waals surface area contributed by atoms with Gasteiger partial charge in [0.15, 0.2) is 0 Å². The molecule has 0 N–H and O–H groups in total. The molecule has 0 aliphatic heterocycles. The summed E-state index contributed by atoms with van der Waals surface area (Å²) in [5, 5.41) is 0. The molecule has 0 amide bonds. The van der Waals surface area contributed by atoms with E-state index in [1.54, 1.807) is 0 Å². The molecule has 5 rings (SSSR count). The topological polar surface area (TPSA) is 0 Å². The third-order valence-corrected chi connectivity index (χ3v) is 5.27. The van der Waals surface area contributed by atoms with Gasteiger partial charge < -0.3 is 0 Å². The zero-order valence-corrected chi connectivity index (χ0v) is 25.7. The van der Waals surface area contributed by atoms with E-state index in [2.05, 4.69) is 63.1 Å². The average Bonchev–Trinajstić information content (AvgIpc) is 2.88. The molecule has 0 bridgehead atoms. The highest BCUT2D eigenvalue weighted by atomic mass is 32.1. The zero-order valence-electron chi connectivity index (χ0n) is 21.2. The Morgan fingerprint density at radius 2 is 0.300 bits per heavy atom. The third-order valence-electron chi connectivity index (χ3n) is 3.78. The number of rotatable bonds is 0. The van der Waals surface area contributed by atoms with Crippen molar-refractivity contribution in [2.24, 2.45) is 0 Å². The smallest absolute Gasteiger partial charge is 0.00399 e. The molecule has 5 aromatic rings. The fourth-order valence-corrected chi connectivity index (χ4v) is 3.00. The van der Waals surface area contributed by atoms with Gasteiger partial charge in [-0.3, -0.25) is 23.5 Å². The maximum absolute atomic E-state index is 4.08. The van der Waals surface area contributed by atoms with Crippen molar-refractivity contribution in [3.05, 3.63) is 152 Å². The molecule has 0 saturated heterocycles. The molecule has 0 nitrogen and oxygen atoms in total. The van der Waals surface area contributed by atoms with E-state index in [1.807, 2.05) is 152 Å². The molecule has 0 fully saturated rings. The molecule has 40 heavy (non-hydrogen) atoms. The summed E-state index contributed by atoms with van der Waals surface area (Å²) < 4.78 is 0. The van der Waals surface area contributed by atoms with Gasteiger partial charge in [0.25, 0.3) is 0 Å². The van der Waals surface area contributed by atoms with Crippen LogP contribution in [0.4, 0.5) is 23.5 Å². The Morgan fingerprint density at radius 3 is 0.350 bits per heavy atom. The molecule has 0 unspecified atom stereocenters. The lowest BCUT2D eigenvalue weighted by atomic mass is 10.4. The quantitative estimate of drug-likeness (QED) is 0.0800. The van der Waals surface area contributed by atoms with Gasteiger partial charge in [-0.1, -0.05) is 91.0 Å². The lowest BCUT2D eigenvalue weighted by molar-refractivity contribution is 1.11. The molecular formula is C30H35F5S5. The van der Waals surface area contributed by atoms with Crippen molar-refractivity contribution in [2.45, 2.75) is 24.5 Å². The summed E-state index contributed by atoms with van der Waals surface area (Å²) in [4.78, 5) is 5.08. The molecule has 0 spiro atoms. The first-order chi connectivity index (χ1) is 17.0.